The molecule has 0 aliphatic heterocycles. The quantitative estimate of drug-likeness (QED) is 0.883. The minimum absolute atomic E-state index is 0.314. The van der Waals surface area contributed by atoms with Crippen molar-refractivity contribution < 1.29 is 4.74 Å². The number of ether oxygens (including phenoxy) is 1. The Morgan fingerprint density at radius 3 is 2.83 bits per heavy atom. The van der Waals surface area contributed by atoms with Crippen LogP contribution >= 0.6 is 0 Å². The maximum Gasteiger partial charge on any atom is 0.225 e. The first-order valence-electron chi connectivity index (χ1n) is 6.70. The van der Waals surface area contributed by atoms with Gasteiger partial charge in [-0.25, -0.2) is 4.98 Å². The van der Waals surface area contributed by atoms with Crippen LogP contribution in [0.4, 0.5) is 0 Å². The molecular weight excluding hydrogens is 226 g/mol. The molecule has 0 bridgehead atoms. The number of pyridine rings is 1. The largest absolute Gasteiger partial charge is 0.474 e. The van der Waals surface area contributed by atoms with Crippen LogP contribution in [-0.4, -0.2) is 21.3 Å². The summed E-state index contributed by atoms with van der Waals surface area (Å²) in [5, 5.41) is 8.24. The summed E-state index contributed by atoms with van der Waals surface area (Å²) in [4.78, 5) is 4.37. The molecule has 1 fully saturated rings. The number of aromatic amines is 1. The van der Waals surface area contributed by atoms with E-state index in [9.17, 15) is 0 Å². The normalized spacial score (nSPS) is 24.3. The van der Waals surface area contributed by atoms with Crippen LogP contribution in [0, 0.1) is 12.8 Å². The number of aryl methyl sites for hydroxylation is 1. The highest BCUT2D eigenvalue weighted by atomic mass is 16.5. The average Bonchev–Trinajstić information content (AvgIpc) is 2.75. The lowest BCUT2D eigenvalue weighted by Gasteiger charge is -2.26. The summed E-state index contributed by atoms with van der Waals surface area (Å²) < 4.78 is 6.08. The zero-order valence-electron chi connectivity index (χ0n) is 10.9. The molecule has 0 unspecified atom stereocenters. The molecule has 0 radical (unpaired) electrons. The number of nitrogens with zero attached hydrogens (tertiary/aromatic N) is 2. The highest BCUT2D eigenvalue weighted by Gasteiger charge is 2.21. The molecule has 1 N–H and O–H groups in total. The van der Waals surface area contributed by atoms with Crippen LogP contribution in [0.25, 0.3) is 10.9 Å². The fourth-order valence-corrected chi connectivity index (χ4v) is 2.68. The third-order valence-electron chi connectivity index (χ3n) is 3.86. The van der Waals surface area contributed by atoms with Gasteiger partial charge in [-0.05, 0) is 44.6 Å². The van der Waals surface area contributed by atoms with Crippen LogP contribution in [-0.2, 0) is 0 Å². The molecule has 3 rings (SSSR count). The summed E-state index contributed by atoms with van der Waals surface area (Å²) in [5.41, 5.74) is 1.96. The first-order chi connectivity index (χ1) is 8.74. The summed E-state index contributed by atoms with van der Waals surface area (Å²) in [6.45, 7) is 4.30. The van der Waals surface area contributed by atoms with Gasteiger partial charge in [-0.1, -0.05) is 6.92 Å². The van der Waals surface area contributed by atoms with Crippen molar-refractivity contribution in [2.75, 3.05) is 0 Å². The lowest BCUT2D eigenvalue weighted by molar-refractivity contribution is 0.132. The number of hydrogen-bond donors (Lipinski definition) is 1. The van der Waals surface area contributed by atoms with Gasteiger partial charge in [-0.2, -0.15) is 5.10 Å². The van der Waals surface area contributed by atoms with E-state index >= 15 is 0 Å². The van der Waals surface area contributed by atoms with Crippen molar-refractivity contribution in [3.63, 3.8) is 0 Å². The average molecular weight is 245 g/mol. The third kappa shape index (κ3) is 2.07. The standard InChI is InChI=1S/C14H19N3O/c1-9-3-5-11(6-4-9)18-14-13-10(2)16-17-12(13)7-8-15-14/h7-9,11H,3-6H2,1-2H3,(H,16,17). The molecule has 96 valence electrons. The third-order valence-corrected chi connectivity index (χ3v) is 3.86. The lowest BCUT2D eigenvalue weighted by atomic mass is 9.89. The maximum atomic E-state index is 6.08. The molecule has 0 aromatic carbocycles. The monoisotopic (exact) mass is 245 g/mol. The number of nitrogens with one attached hydrogen (secondary N) is 1. The van der Waals surface area contributed by atoms with E-state index in [2.05, 4.69) is 22.1 Å². The predicted octanol–water partition coefficient (Wildman–Crippen LogP) is 3.22. The minimum atomic E-state index is 0.314. The van der Waals surface area contributed by atoms with Crippen molar-refractivity contribution in [2.24, 2.45) is 5.92 Å². The van der Waals surface area contributed by atoms with Crippen molar-refractivity contribution in [3.8, 4) is 5.88 Å². The molecule has 1 saturated carbocycles. The van der Waals surface area contributed by atoms with E-state index in [1.165, 1.54) is 12.8 Å². The summed E-state index contributed by atoms with van der Waals surface area (Å²) in [7, 11) is 0. The molecule has 4 nitrogen and oxygen atoms in total. The number of hydrogen-bond acceptors (Lipinski definition) is 3. The van der Waals surface area contributed by atoms with Gasteiger partial charge in [0, 0.05) is 6.20 Å². The second kappa shape index (κ2) is 4.59. The zero-order valence-corrected chi connectivity index (χ0v) is 10.9. The molecule has 2 aromatic rings. The number of rotatable bonds is 2. The predicted molar refractivity (Wildman–Crippen MR) is 70.7 cm³/mol. The fourth-order valence-electron chi connectivity index (χ4n) is 2.68. The van der Waals surface area contributed by atoms with Gasteiger partial charge in [0.25, 0.3) is 0 Å². The molecule has 0 saturated heterocycles. The van der Waals surface area contributed by atoms with Gasteiger partial charge in [0.2, 0.25) is 5.88 Å². The smallest absolute Gasteiger partial charge is 0.225 e. The van der Waals surface area contributed by atoms with E-state index < -0.39 is 0 Å². The molecule has 2 heterocycles. The van der Waals surface area contributed by atoms with Gasteiger partial charge in [-0.15, -0.1) is 0 Å². The second-order valence-electron chi connectivity index (χ2n) is 5.35. The van der Waals surface area contributed by atoms with E-state index in [0.29, 0.717) is 6.10 Å². The molecule has 0 atom stereocenters. The van der Waals surface area contributed by atoms with Gasteiger partial charge < -0.3 is 4.74 Å². The van der Waals surface area contributed by atoms with Gasteiger partial charge >= 0.3 is 0 Å². The first kappa shape index (κ1) is 11.5. The molecule has 18 heavy (non-hydrogen) atoms. The van der Waals surface area contributed by atoms with Crippen LogP contribution in [0.3, 0.4) is 0 Å². The van der Waals surface area contributed by atoms with Crippen LogP contribution in [0.15, 0.2) is 12.3 Å². The number of aromatic nitrogens is 3. The van der Waals surface area contributed by atoms with E-state index in [-0.39, 0.29) is 0 Å². The SMILES string of the molecule is Cc1n[nH]c2ccnc(OC3CCC(C)CC3)c12. The molecule has 4 heteroatoms. The van der Waals surface area contributed by atoms with Gasteiger partial charge in [-0.3, -0.25) is 5.10 Å². The minimum Gasteiger partial charge on any atom is -0.474 e. The molecule has 1 aliphatic carbocycles. The van der Waals surface area contributed by atoms with Gasteiger partial charge in [0.1, 0.15) is 6.10 Å². The van der Waals surface area contributed by atoms with E-state index in [1.807, 2.05) is 13.0 Å². The Morgan fingerprint density at radius 2 is 2.06 bits per heavy atom. The van der Waals surface area contributed by atoms with Gasteiger partial charge in [0.15, 0.2) is 0 Å². The van der Waals surface area contributed by atoms with Crippen molar-refractivity contribution in [1.29, 1.82) is 0 Å². The Morgan fingerprint density at radius 1 is 1.28 bits per heavy atom. The van der Waals surface area contributed by atoms with Crippen LogP contribution < -0.4 is 4.74 Å². The van der Waals surface area contributed by atoms with Crippen molar-refractivity contribution >= 4 is 10.9 Å². The van der Waals surface area contributed by atoms with Crippen molar-refractivity contribution in [1.82, 2.24) is 15.2 Å². The Bertz CT molecular complexity index is 541. The van der Waals surface area contributed by atoms with E-state index in [1.54, 1.807) is 6.20 Å². The molecule has 2 aromatic heterocycles. The Balaban J connectivity index is 1.84. The Labute approximate surface area is 107 Å². The zero-order chi connectivity index (χ0) is 12.5. The van der Waals surface area contributed by atoms with Crippen LogP contribution in [0.2, 0.25) is 0 Å². The Hall–Kier alpha value is -1.58. The van der Waals surface area contributed by atoms with Crippen molar-refractivity contribution in [2.45, 2.75) is 45.6 Å². The summed E-state index contributed by atoms with van der Waals surface area (Å²) >= 11 is 0. The second-order valence-corrected chi connectivity index (χ2v) is 5.35. The number of H-pyrrole nitrogens is 1. The summed E-state index contributed by atoms with van der Waals surface area (Å²) in [6.07, 6.45) is 6.87. The van der Waals surface area contributed by atoms with E-state index in [0.717, 1.165) is 41.2 Å². The lowest BCUT2D eigenvalue weighted by Crippen LogP contribution is -2.23. The van der Waals surface area contributed by atoms with E-state index in [4.69, 9.17) is 4.74 Å². The van der Waals surface area contributed by atoms with Crippen LogP contribution in [0.1, 0.15) is 38.3 Å². The topological polar surface area (TPSA) is 50.8 Å². The van der Waals surface area contributed by atoms with Gasteiger partial charge in [0.05, 0.1) is 16.6 Å². The Kier molecular flexibility index (Phi) is 2.94. The first-order valence-corrected chi connectivity index (χ1v) is 6.70. The number of fused-ring (bicyclic) bond motifs is 1. The van der Waals surface area contributed by atoms with Crippen LogP contribution in [0.5, 0.6) is 5.88 Å². The highest BCUT2D eigenvalue weighted by molar-refractivity contribution is 5.85. The maximum absolute atomic E-state index is 6.08. The molecular formula is C14H19N3O. The van der Waals surface area contributed by atoms with Crippen molar-refractivity contribution in [3.05, 3.63) is 18.0 Å². The molecule has 0 spiro atoms. The summed E-state index contributed by atoms with van der Waals surface area (Å²) in [6, 6.07) is 1.94. The highest BCUT2D eigenvalue weighted by Crippen LogP contribution is 2.30. The summed E-state index contributed by atoms with van der Waals surface area (Å²) in [5.74, 6) is 1.57. The molecule has 1 aliphatic rings. The fraction of sp³-hybridized carbons (Fsp3) is 0.571. The molecule has 0 amide bonds.